The Bertz CT molecular complexity index is 484. The van der Waals surface area contributed by atoms with Crippen molar-refractivity contribution in [1.82, 2.24) is 15.3 Å². The van der Waals surface area contributed by atoms with Gasteiger partial charge in [-0.1, -0.05) is 11.6 Å². The first-order chi connectivity index (χ1) is 8.29. The van der Waals surface area contributed by atoms with Crippen LogP contribution in [0.3, 0.4) is 0 Å². The van der Waals surface area contributed by atoms with Crippen molar-refractivity contribution in [2.45, 2.75) is 6.42 Å². The Kier molecular flexibility index (Phi) is 4.36. The quantitative estimate of drug-likeness (QED) is 0.775. The van der Waals surface area contributed by atoms with E-state index in [4.69, 9.17) is 16.3 Å². The van der Waals surface area contributed by atoms with Crippen molar-refractivity contribution in [3.05, 3.63) is 29.0 Å². The highest BCUT2D eigenvalue weighted by Crippen LogP contribution is 2.17. The molecule has 4 nitrogen and oxygen atoms in total. The third-order valence-electron chi connectivity index (χ3n) is 2.51. The number of ether oxygens (including phenoxy) is 1. The second kappa shape index (κ2) is 6.00. The molecule has 0 unspecified atom stereocenters. The first kappa shape index (κ1) is 12.4. The van der Waals surface area contributed by atoms with Crippen LogP contribution in [0, 0.1) is 0 Å². The summed E-state index contributed by atoms with van der Waals surface area (Å²) >= 11 is 5.92. The summed E-state index contributed by atoms with van der Waals surface area (Å²) in [7, 11) is 1.70. The number of rotatable bonds is 6. The second-order valence-corrected chi connectivity index (χ2v) is 4.27. The minimum absolute atomic E-state index is 0.728. The lowest BCUT2D eigenvalue weighted by Crippen LogP contribution is -2.22. The van der Waals surface area contributed by atoms with Gasteiger partial charge in [0.1, 0.15) is 5.82 Å². The Labute approximate surface area is 105 Å². The van der Waals surface area contributed by atoms with Crippen LogP contribution in [-0.4, -0.2) is 36.8 Å². The van der Waals surface area contributed by atoms with E-state index in [1.54, 1.807) is 7.11 Å². The van der Waals surface area contributed by atoms with E-state index in [1.165, 1.54) is 0 Å². The number of hydrogen-bond donors (Lipinski definition) is 2. The van der Waals surface area contributed by atoms with Crippen LogP contribution in [0.5, 0.6) is 0 Å². The number of nitrogens with zero attached hydrogens (tertiary/aromatic N) is 1. The average Bonchev–Trinajstić information content (AvgIpc) is 2.70. The van der Waals surface area contributed by atoms with Gasteiger partial charge in [-0.15, -0.1) is 0 Å². The molecule has 2 rings (SSSR count). The summed E-state index contributed by atoms with van der Waals surface area (Å²) in [4.78, 5) is 7.75. The van der Waals surface area contributed by atoms with E-state index in [0.717, 1.165) is 48.0 Å². The molecule has 2 N–H and O–H groups in total. The summed E-state index contributed by atoms with van der Waals surface area (Å²) in [5.74, 6) is 0.979. The Morgan fingerprint density at radius 2 is 2.29 bits per heavy atom. The van der Waals surface area contributed by atoms with E-state index in [0.29, 0.717) is 0 Å². The van der Waals surface area contributed by atoms with E-state index in [1.807, 2.05) is 18.2 Å². The summed E-state index contributed by atoms with van der Waals surface area (Å²) in [6.45, 7) is 2.48. The van der Waals surface area contributed by atoms with Crippen molar-refractivity contribution in [3.8, 4) is 0 Å². The molecule has 0 bridgehead atoms. The minimum Gasteiger partial charge on any atom is -0.383 e. The number of fused-ring (bicyclic) bond motifs is 1. The molecule has 1 aromatic heterocycles. The van der Waals surface area contributed by atoms with Gasteiger partial charge in [-0.05, 0) is 18.2 Å². The van der Waals surface area contributed by atoms with Crippen LogP contribution in [0.15, 0.2) is 18.2 Å². The van der Waals surface area contributed by atoms with E-state index >= 15 is 0 Å². The smallest absolute Gasteiger partial charge is 0.108 e. The molecule has 2 aromatic rings. The summed E-state index contributed by atoms with van der Waals surface area (Å²) in [6, 6.07) is 5.67. The lowest BCUT2D eigenvalue weighted by Gasteiger charge is -2.01. The van der Waals surface area contributed by atoms with E-state index in [2.05, 4.69) is 15.3 Å². The topological polar surface area (TPSA) is 49.9 Å². The average molecular weight is 254 g/mol. The first-order valence-electron chi connectivity index (χ1n) is 5.63. The molecule has 17 heavy (non-hydrogen) atoms. The van der Waals surface area contributed by atoms with Gasteiger partial charge < -0.3 is 15.0 Å². The number of methoxy groups -OCH3 is 1. The molecule has 0 aliphatic rings. The number of hydrogen-bond acceptors (Lipinski definition) is 3. The summed E-state index contributed by atoms with van der Waals surface area (Å²) in [5.41, 5.74) is 1.95. The molecule has 5 heteroatoms. The number of H-pyrrole nitrogens is 1. The zero-order valence-corrected chi connectivity index (χ0v) is 10.5. The molecule has 0 saturated heterocycles. The van der Waals surface area contributed by atoms with Crippen molar-refractivity contribution in [3.63, 3.8) is 0 Å². The predicted octanol–water partition coefficient (Wildman–Crippen LogP) is 1.99. The molecule has 1 aromatic carbocycles. The van der Waals surface area contributed by atoms with Gasteiger partial charge in [0.2, 0.25) is 0 Å². The molecule has 92 valence electrons. The zero-order chi connectivity index (χ0) is 12.1. The summed E-state index contributed by atoms with van der Waals surface area (Å²) in [5, 5.41) is 4.01. The number of benzene rings is 1. The van der Waals surface area contributed by atoms with Gasteiger partial charge in [-0.2, -0.15) is 0 Å². The van der Waals surface area contributed by atoms with Crippen molar-refractivity contribution in [2.75, 3.05) is 26.8 Å². The van der Waals surface area contributed by atoms with Gasteiger partial charge in [-0.25, -0.2) is 4.98 Å². The maximum Gasteiger partial charge on any atom is 0.108 e. The van der Waals surface area contributed by atoms with Gasteiger partial charge in [0, 0.05) is 31.6 Å². The molecule has 0 fully saturated rings. The van der Waals surface area contributed by atoms with Gasteiger partial charge in [0.05, 0.1) is 17.6 Å². The summed E-state index contributed by atoms with van der Waals surface area (Å²) < 4.78 is 4.95. The third kappa shape index (κ3) is 3.43. The minimum atomic E-state index is 0.728. The molecule has 1 heterocycles. The summed E-state index contributed by atoms with van der Waals surface area (Å²) in [6.07, 6.45) is 0.871. The molecular weight excluding hydrogens is 238 g/mol. The van der Waals surface area contributed by atoms with Crippen LogP contribution in [0.25, 0.3) is 11.0 Å². The Balaban J connectivity index is 1.91. The fourth-order valence-corrected chi connectivity index (χ4v) is 1.83. The fraction of sp³-hybridized carbons (Fsp3) is 0.417. The van der Waals surface area contributed by atoms with Crippen molar-refractivity contribution in [1.29, 1.82) is 0 Å². The molecular formula is C12H16ClN3O. The number of aromatic amines is 1. The number of halogens is 1. The molecule has 0 aliphatic heterocycles. The van der Waals surface area contributed by atoms with E-state index in [9.17, 15) is 0 Å². The van der Waals surface area contributed by atoms with Gasteiger partial charge in [-0.3, -0.25) is 0 Å². The van der Waals surface area contributed by atoms with E-state index < -0.39 is 0 Å². The van der Waals surface area contributed by atoms with Crippen molar-refractivity contribution in [2.24, 2.45) is 0 Å². The highest BCUT2D eigenvalue weighted by Gasteiger charge is 2.02. The Morgan fingerprint density at radius 3 is 3.12 bits per heavy atom. The molecule has 0 aliphatic carbocycles. The van der Waals surface area contributed by atoms with Crippen molar-refractivity contribution < 1.29 is 4.74 Å². The highest BCUT2D eigenvalue weighted by molar-refractivity contribution is 6.31. The fourth-order valence-electron chi connectivity index (χ4n) is 1.66. The van der Waals surface area contributed by atoms with Gasteiger partial charge >= 0.3 is 0 Å². The van der Waals surface area contributed by atoms with Crippen LogP contribution in [0.4, 0.5) is 0 Å². The third-order valence-corrected chi connectivity index (χ3v) is 2.75. The highest BCUT2D eigenvalue weighted by atomic mass is 35.5. The standard InChI is InChI=1S/C12H16ClN3O/c1-17-7-6-14-5-4-12-15-10-3-2-9(13)8-11(10)16-12/h2-3,8,14H,4-7H2,1H3,(H,15,16). The maximum atomic E-state index is 5.92. The SMILES string of the molecule is COCCNCCc1nc2ccc(Cl)cc2[nH]1. The van der Waals surface area contributed by atoms with Crippen LogP contribution in [0.2, 0.25) is 5.02 Å². The number of nitrogens with one attached hydrogen (secondary N) is 2. The lowest BCUT2D eigenvalue weighted by molar-refractivity contribution is 0.199. The first-order valence-corrected chi connectivity index (χ1v) is 6.01. The van der Waals surface area contributed by atoms with Crippen LogP contribution in [-0.2, 0) is 11.2 Å². The van der Waals surface area contributed by atoms with Crippen LogP contribution < -0.4 is 5.32 Å². The molecule has 0 spiro atoms. The molecule has 0 atom stereocenters. The molecule has 0 amide bonds. The normalized spacial score (nSPS) is 11.2. The van der Waals surface area contributed by atoms with Crippen LogP contribution in [0.1, 0.15) is 5.82 Å². The van der Waals surface area contributed by atoms with Crippen molar-refractivity contribution >= 4 is 22.6 Å². The Hall–Kier alpha value is -1.10. The second-order valence-electron chi connectivity index (χ2n) is 3.84. The van der Waals surface area contributed by atoms with Gasteiger partial charge in [0.25, 0.3) is 0 Å². The maximum absolute atomic E-state index is 5.92. The van der Waals surface area contributed by atoms with Crippen LogP contribution >= 0.6 is 11.6 Å². The number of imidazole rings is 1. The molecule has 0 saturated carbocycles. The number of aromatic nitrogens is 2. The zero-order valence-electron chi connectivity index (χ0n) is 9.79. The van der Waals surface area contributed by atoms with Gasteiger partial charge in [0.15, 0.2) is 0 Å². The predicted molar refractivity (Wildman–Crippen MR) is 69.6 cm³/mol. The monoisotopic (exact) mass is 253 g/mol. The largest absolute Gasteiger partial charge is 0.383 e. The van der Waals surface area contributed by atoms with E-state index in [-0.39, 0.29) is 0 Å². The molecule has 0 radical (unpaired) electrons. The Morgan fingerprint density at radius 1 is 1.41 bits per heavy atom. The lowest BCUT2D eigenvalue weighted by atomic mass is 10.3.